The Bertz CT molecular complexity index is 1620. The predicted molar refractivity (Wildman–Crippen MR) is 123 cm³/mol. The van der Waals surface area contributed by atoms with Crippen molar-refractivity contribution in [3.63, 3.8) is 0 Å². The fraction of sp³-hybridized carbons (Fsp3) is 0.0833. The van der Waals surface area contributed by atoms with Gasteiger partial charge in [-0.15, -0.1) is 0 Å². The molecule has 2 aromatic carbocycles. The number of nitrogens with one attached hydrogen (secondary N) is 1. The smallest absolute Gasteiger partial charge is 0.335 e. The van der Waals surface area contributed by atoms with Gasteiger partial charge in [-0.3, -0.25) is 24.3 Å². The topological polar surface area (TPSA) is 199 Å². The van der Waals surface area contributed by atoms with Gasteiger partial charge in [-0.25, -0.2) is 14.8 Å². The molecule has 0 saturated carbocycles. The second-order valence-corrected chi connectivity index (χ2v) is 7.56. The summed E-state index contributed by atoms with van der Waals surface area (Å²) in [6, 6.07) is 6.19. The molecule has 2 aromatic heterocycles. The van der Waals surface area contributed by atoms with Crippen LogP contribution in [0.15, 0.2) is 42.9 Å². The van der Waals surface area contributed by atoms with Crippen LogP contribution in [0.4, 0.5) is 0 Å². The number of carbonyl (C=O) groups is 5. The average molecular weight is 504 g/mol. The summed E-state index contributed by atoms with van der Waals surface area (Å²) in [5, 5.41) is 25.1. The van der Waals surface area contributed by atoms with Crippen molar-refractivity contribution in [2.45, 2.75) is 13.8 Å². The molecule has 13 nitrogen and oxygen atoms in total. The molecule has 5 rings (SSSR count). The summed E-state index contributed by atoms with van der Waals surface area (Å²) in [6.07, 6.45) is 2.75. The Labute approximate surface area is 206 Å². The Morgan fingerprint density at radius 3 is 2.22 bits per heavy atom. The lowest BCUT2D eigenvalue weighted by atomic mass is 9.82. The van der Waals surface area contributed by atoms with Crippen molar-refractivity contribution in [2.24, 2.45) is 0 Å². The third kappa shape index (κ3) is 4.73. The minimum Gasteiger partial charge on any atom is -0.493 e. The van der Waals surface area contributed by atoms with Gasteiger partial charge in [-0.2, -0.15) is 5.10 Å². The van der Waals surface area contributed by atoms with Gasteiger partial charge in [0, 0.05) is 25.0 Å². The maximum Gasteiger partial charge on any atom is 0.335 e. The number of aromatic carboxylic acids is 1. The molecule has 1 aliphatic rings. The summed E-state index contributed by atoms with van der Waals surface area (Å²) in [5.74, 6) is -4.70. The number of H-pyrrole nitrogens is 1. The minimum absolute atomic E-state index is 0.0393. The Morgan fingerprint density at radius 2 is 1.57 bits per heavy atom. The van der Waals surface area contributed by atoms with Gasteiger partial charge >= 0.3 is 17.9 Å². The largest absolute Gasteiger partial charge is 0.493 e. The Balaban J connectivity index is 0.000000265. The van der Waals surface area contributed by atoms with E-state index in [9.17, 15) is 29.1 Å². The van der Waals surface area contributed by atoms with Crippen LogP contribution in [0.25, 0.3) is 11.0 Å². The predicted octanol–water partition coefficient (Wildman–Crippen LogP) is 2.07. The van der Waals surface area contributed by atoms with Gasteiger partial charge in [0.15, 0.2) is 11.4 Å². The molecule has 0 amide bonds. The SMILES string of the molecule is CC(=O)Oc1cccc2c1C(=O)c1c(OC(C)=O)cc(C(=O)O)cc1C2=O.Oc1ncnc2[nH]ncc12. The molecule has 3 N–H and O–H groups in total. The molecule has 186 valence electrons. The minimum atomic E-state index is -1.36. The molecular weight excluding hydrogens is 488 g/mol. The molecule has 37 heavy (non-hydrogen) atoms. The third-order valence-corrected chi connectivity index (χ3v) is 5.05. The highest BCUT2D eigenvalue weighted by Gasteiger charge is 2.36. The molecule has 0 radical (unpaired) electrons. The lowest BCUT2D eigenvalue weighted by molar-refractivity contribution is -0.132. The number of aromatic amines is 1. The molecule has 2 heterocycles. The summed E-state index contributed by atoms with van der Waals surface area (Å²) in [6.45, 7) is 2.22. The van der Waals surface area contributed by atoms with Crippen LogP contribution in [0.5, 0.6) is 17.4 Å². The number of esters is 2. The standard InChI is InChI=1S/C19H12O8.C5H4N4O/c1-8(20)26-13-5-3-4-11-15(13)18(23)16-12(17(11)22)6-10(19(24)25)7-14(16)27-9(2)21;10-5-3-1-8-9-4(3)6-2-7-5/h3-7H,1-2H3,(H,24,25);1-2H,(H2,6,7,8,9,10). The Morgan fingerprint density at radius 1 is 0.892 bits per heavy atom. The van der Waals surface area contributed by atoms with Crippen molar-refractivity contribution >= 4 is 40.5 Å². The number of hydrogen-bond acceptors (Lipinski definition) is 11. The summed E-state index contributed by atoms with van der Waals surface area (Å²) in [4.78, 5) is 67.4. The number of benzene rings is 2. The van der Waals surface area contributed by atoms with E-state index in [4.69, 9.17) is 14.6 Å². The molecule has 0 fully saturated rings. The Hall–Kier alpha value is -5.46. The van der Waals surface area contributed by atoms with Crippen LogP contribution >= 0.6 is 0 Å². The molecule has 0 aliphatic heterocycles. The van der Waals surface area contributed by atoms with Gasteiger partial charge in [0.05, 0.1) is 22.9 Å². The van der Waals surface area contributed by atoms with Crippen LogP contribution in [0.2, 0.25) is 0 Å². The first-order valence-corrected chi connectivity index (χ1v) is 10.4. The first-order valence-electron chi connectivity index (χ1n) is 10.4. The number of carboxylic acid groups (broad SMARTS) is 1. The number of fused-ring (bicyclic) bond motifs is 3. The molecular formula is C24H16N4O9. The van der Waals surface area contributed by atoms with Crippen molar-refractivity contribution in [1.29, 1.82) is 0 Å². The number of ether oxygens (including phenoxy) is 2. The van der Waals surface area contributed by atoms with Crippen LogP contribution in [0.1, 0.15) is 56.0 Å². The van der Waals surface area contributed by atoms with Crippen LogP contribution in [-0.2, 0) is 9.59 Å². The van der Waals surface area contributed by atoms with E-state index in [1.54, 1.807) is 0 Å². The number of aromatic hydroxyl groups is 1. The molecule has 13 heteroatoms. The van der Waals surface area contributed by atoms with Crippen molar-refractivity contribution < 1.29 is 43.7 Å². The van der Waals surface area contributed by atoms with Gasteiger partial charge in [-0.05, 0) is 18.2 Å². The van der Waals surface area contributed by atoms with Crippen molar-refractivity contribution in [2.75, 3.05) is 0 Å². The number of carboxylic acids is 1. The zero-order valence-corrected chi connectivity index (χ0v) is 19.1. The number of rotatable bonds is 3. The molecule has 0 saturated heterocycles. The van der Waals surface area contributed by atoms with Crippen molar-refractivity contribution in [3.05, 3.63) is 70.7 Å². The van der Waals surface area contributed by atoms with Crippen LogP contribution < -0.4 is 9.47 Å². The molecule has 1 aliphatic carbocycles. The van der Waals surface area contributed by atoms with Crippen LogP contribution in [0, 0.1) is 0 Å². The number of carbonyl (C=O) groups excluding carboxylic acids is 4. The van der Waals surface area contributed by atoms with E-state index in [-0.39, 0.29) is 45.2 Å². The van der Waals surface area contributed by atoms with Gasteiger partial charge in [0.2, 0.25) is 11.7 Å². The second-order valence-electron chi connectivity index (χ2n) is 7.56. The highest BCUT2D eigenvalue weighted by molar-refractivity contribution is 6.30. The average Bonchev–Trinajstić information content (AvgIpc) is 3.32. The normalized spacial score (nSPS) is 11.6. The van der Waals surface area contributed by atoms with E-state index in [0.717, 1.165) is 26.0 Å². The van der Waals surface area contributed by atoms with E-state index < -0.39 is 29.5 Å². The lowest BCUT2D eigenvalue weighted by Gasteiger charge is -2.21. The number of ketones is 2. The molecule has 4 aromatic rings. The first kappa shape index (κ1) is 24.7. The van der Waals surface area contributed by atoms with E-state index in [2.05, 4.69) is 20.2 Å². The quantitative estimate of drug-likeness (QED) is 0.239. The maximum atomic E-state index is 13.1. The van der Waals surface area contributed by atoms with E-state index in [1.165, 1.54) is 30.7 Å². The maximum absolute atomic E-state index is 13.1. The second kappa shape index (κ2) is 9.65. The van der Waals surface area contributed by atoms with E-state index in [1.807, 2.05) is 0 Å². The lowest BCUT2D eigenvalue weighted by Crippen LogP contribution is -2.24. The summed E-state index contributed by atoms with van der Waals surface area (Å²) >= 11 is 0. The monoisotopic (exact) mass is 504 g/mol. The number of aromatic nitrogens is 4. The van der Waals surface area contributed by atoms with Gasteiger partial charge < -0.3 is 19.7 Å². The van der Waals surface area contributed by atoms with Gasteiger partial charge in [0.25, 0.3) is 0 Å². The molecule has 0 unspecified atom stereocenters. The van der Waals surface area contributed by atoms with Crippen molar-refractivity contribution in [3.8, 4) is 17.4 Å². The van der Waals surface area contributed by atoms with Crippen molar-refractivity contribution in [1.82, 2.24) is 20.2 Å². The van der Waals surface area contributed by atoms with Crippen LogP contribution in [-0.4, -0.2) is 59.9 Å². The van der Waals surface area contributed by atoms with E-state index >= 15 is 0 Å². The highest BCUT2D eigenvalue weighted by atomic mass is 16.5. The zero-order valence-electron chi connectivity index (χ0n) is 19.1. The summed E-state index contributed by atoms with van der Waals surface area (Å²) in [5.41, 5.74) is -0.418. The fourth-order valence-corrected chi connectivity index (χ4v) is 3.60. The summed E-state index contributed by atoms with van der Waals surface area (Å²) in [7, 11) is 0. The number of nitrogens with zero attached hydrogens (tertiary/aromatic N) is 3. The molecule has 0 spiro atoms. The van der Waals surface area contributed by atoms with Crippen LogP contribution in [0.3, 0.4) is 0 Å². The van der Waals surface area contributed by atoms with Gasteiger partial charge in [-0.1, -0.05) is 12.1 Å². The zero-order chi connectivity index (χ0) is 26.9. The first-order chi connectivity index (χ1) is 17.6. The number of hydrogen-bond donors (Lipinski definition) is 3. The van der Waals surface area contributed by atoms with Gasteiger partial charge in [0.1, 0.15) is 23.2 Å². The summed E-state index contributed by atoms with van der Waals surface area (Å²) < 4.78 is 9.99. The molecule has 0 bridgehead atoms. The molecule has 0 atom stereocenters. The Kier molecular flexibility index (Phi) is 6.43. The highest BCUT2D eigenvalue weighted by Crippen LogP contribution is 2.38. The fourth-order valence-electron chi connectivity index (χ4n) is 3.60. The third-order valence-electron chi connectivity index (χ3n) is 5.05. The van der Waals surface area contributed by atoms with E-state index in [0.29, 0.717) is 11.0 Å².